The lowest BCUT2D eigenvalue weighted by Gasteiger charge is -2.20. The molecule has 26 heavy (non-hydrogen) atoms. The highest BCUT2D eigenvalue weighted by atomic mass is 16.4. The van der Waals surface area contributed by atoms with E-state index in [9.17, 15) is 9.59 Å². The summed E-state index contributed by atoms with van der Waals surface area (Å²) in [7, 11) is 1.89. The fourth-order valence-corrected chi connectivity index (χ4v) is 2.96. The molecule has 0 aliphatic heterocycles. The normalized spacial score (nSPS) is 11.3. The van der Waals surface area contributed by atoms with Crippen molar-refractivity contribution in [2.45, 2.75) is 13.8 Å². The Kier molecular flexibility index (Phi) is 5.07. The molecule has 0 N–H and O–H groups in total. The third-order valence-corrected chi connectivity index (χ3v) is 4.50. The molecule has 0 atom stereocenters. The van der Waals surface area contributed by atoms with Crippen LogP contribution < -0.4 is 10.5 Å². The molecule has 0 saturated carbocycles. The molecule has 0 fully saturated rings. The summed E-state index contributed by atoms with van der Waals surface area (Å²) >= 11 is 0. The Morgan fingerprint density at radius 3 is 2.62 bits per heavy atom. The Morgan fingerprint density at radius 1 is 1.19 bits per heavy atom. The summed E-state index contributed by atoms with van der Waals surface area (Å²) in [5.74, 6) is -0.366. The number of ketones is 1. The number of aromatic nitrogens is 1. The number of nitrogens with zero attached hydrogens (tertiary/aromatic N) is 2. The van der Waals surface area contributed by atoms with Crippen molar-refractivity contribution in [1.82, 2.24) is 4.57 Å². The highest BCUT2D eigenvalue weighted by Gasteiger charge is 2.12. The molecule has 3 aromatic rings. The first kappa shape index (κ1) is 17.7. The van der Waals surface area contributed by atoms with Gasteiger partial charge in [0.1, 0.15) is 11.1 Å². The Morgan fingerprint density at radius 2 is 1.96 bits per heavy atom. The molecule has 0 aliphatic rings. The summed E-state index contributed by atoms with van der Waals surface area (Å²) < 4.78 is 7.30. The van der Waals surface area contributed by atoms with Gasteiger partial charge < -0.3 is 13.9 Å². The van der Waals surface area contributed by atoms with Crippen molar-refractivity contribution in [1.29, 1.82) is 0 Å². The average molecular weight is 350 g/mol. The van der Waals surface area contributed by atoms with Gasteiger partial charge in [-0.15, -0.1) is 0 Å². The van der Waals surface area contributed by atoms with E-state index in [0.29, 0.717) is 5.58 Å². The molecule has 0 spiro atoms. The molecule has 0 aliphatic carbocycles. The Hall–Kier alpha value is -3.08. The Balaban J connectivity index is 1.95. The smallest absolute Gasteiger partial charge is 0.347 e. The number of benzene rings is 1. The third kappa shape index (κ3) is 3.47. The number of carbonyl (C=O) groups excluding carboxylic acids is 1. The maximum absolute atomic E-state index is 12.4. The van der Waals surface area contributed by atoms with Gasteiger partial charge in [-0.05, 0) is 56.3 Å². The van der Waals surface area contributed by atoms with Crippen molar-refractivity contribution in [2.24, 2.45) is 7.05 Å². The first-order chi connectivity index (χ1) is 12.5. The summed E-state index contributed by atoms with van der Waals surface area (Å²) in [5, 5.41) is 0.733. The van der Waals surface area contributed by atoms with E-state index in [1.165, 1.54) is 6.08 Å². The molecule has 0 saturated heterocycles. The number of allylic oxidation sites excluding steroid dienone is 1. The van der Waals surface area contributed by atoms with Crippen LogP contribution in [0.25, 0.3) is 17.0 Å². The lowest BCUT2D eigenvalue weighted by atomic mass is 10.1. The summed E-state index contributed by atoms with van der Waals surface area (Å²) in [6.07, 6.45) is 4.98. The Labute approximate surface area is 152 Å². The number of fused-ring (bicyclic) bond motifs is 1. The van der Waals surface area contributed by atoms with Gasteiger partial charge >= 0.3 is 5.63 Å². The van der Waals surface area contributed by atoms with Crippen LogP contribution >= 0.6 is 0 Å². The van der Waals surface area contributed by atoms with Crippen LogP contribution in [0, 0.1) is 0 Å². The monoisotopic (exact) mass is 350 g/mol. The molecule has 0 bridgehead atoms. The average Bonchev–Trinajstić information content (AvgIpc) is 3.05. The second-order valence-corrected chi connectivity index (χ2v) is 6.08. The molecule has 134 valence electrons. The van der Waals surface area contributed by atoms with Gasteiger partial charge in [-0.1, -0.05) is 0 Å². The van der Waals surface area contributed by atoms with Gasteiger partial charge in [0.2, 0.25) is 0 Å². The van der Waals surface area contributed by atoms with E-state index in [0.717, 1.165) is 29.9 Å². The van der Waals surface area contributed by atoms with E-state index in [2.05, 4.69) is 18.7 Å². The molecule has 0 radical (unpaired) electrons. The lowest BCUT2D eigenvalue weighted by Crippen LogP contribution is -2.21. The fraction of sp³-hybridized carbons (Fsp3) is 0.238. The first-order valence-electron chi connectivity index (χ1n) is 8.70. The predicted octanol–water partition coefficient (Wildman–Crippen LogP) is 3.87. The van der Waals surface area contributed by atoms with Crippen LogP contribution in [0.4, 0.5) is 5.69 Å². The molecule has 3 rings (SSSR count). The minimum Gasteiger partial charge on any atom is -0.422 e. The second kappa shape index (κ2) is 7.44. The number of hydrogen-bond donors (Lipinski definition) is 0. The largest absolute Gasteiger partial charge is 0.422 e. The maximum atomic E-state index is 12.4. The van der Waals surface area contributed by atoms with Crippen LogP contribution in [0.3, 0.4) is 0 Å². The highest BCUT2D eigenvalue weighted by molar-refractivity contribution is 6.07. The van der Waals surface area contributed by atoms with E-state index >= 15 is 0 Å². The molecular formula is C21H22N2O3. The zero-order valence-electron chi connectivity index (χ0n) is 15.2. The van der Waals surface area contributed by atoms with Crippen molar-refractivity contribution in [2.75, 3.05) is 18.0 Å². The highest BCUT2D eigenvalue weighted by Crippen LogP contribution is 2.22. The van der Waals surface area contributed by atoms with Gasteiger partial charge in [-0.3, -0.25) is 4.79 Å². The van der Waals surface area contributed by atoms with Crippen molar-refractivity contribution >= 4 is 28.5 Å². The summed E-state index contributed by atoms with van der Waals surface area (Å²) in [6.45, 7) is 5.88. The molecule has 1 aromatic carbocycles. The van der Waals surface area contributed by atoms with E-state index in [1.807, 2.05) is 48.1 Å². The SMILES string of the molecule is CCN(CC)c1ccc2cc(C(=O)C=Cc3cccn3C)c(=O)oc2c1. The predicted molar refractivity (Wildman–Crippen MR) is 105 cm³/mol. The third-order valence-electron chi connectivity index (χ3n) is 4.50. The molecule has 0 amide bonds. The van der Waals surface area contributed by atoms with Crippen LogP contribution in [-0.4, -0.2) is 23.4 Å². The minimum absolute atomic E-state index is 0.0403. The van der Waals surface area contributed by atoms with E-state index in [-0.39, 0.29) is 11.3 Å². The number of anilines is 1. The number of carbonyl (C=O) groups is 1. The van der Waals surface area contributed by atoms with Gasteiger partial charge in [0.15, 0.2) is 5.78 Å². The van der Waals surface area contributed by atoms with E-state index in [1.54, 1.807) is 12.1 Å². The van der Waals surface area contributed by atoms with Crippen LogP contribution in [0.2, 0.25) is 0 Å². The number of hydrogen-bond acceptors (Lipinski definition) is 4. The zero-order valence-corrected chi connectivity index (χ0v) is 15.2. The molecule has 0 unspecified atom stereocenters. The molecule has 2 aromatic heterocycles. The van der Waals surface area contributed by atoms with Crippen LogP contribution in [0.5, 0.6) is 0 Å². The Bertz CT molecular complexity index is 1020. The molecule has 5 heteroatoms. The standard InChI is InChI=1S/C21H22N2O3/c1-4-23(5-2)17-9-8-15-13-18(21(25)26-20(15)14-17)19(24)11-10-16-7-6-12-22(16)3/h6-14H,4-5H2,1-3H3. The maximum Gasteiger partial charge on any atom is 0.347 e. The quantitative estimate of drug-likeness (QED) is 0.385. The molecule has 2 heterocycles. The summed E-state index contributed by atoms with van der Waals surface area (Å²) in [4.78, 5) is 26.9. The van der Waals surface area contributed by atoms with Crippen molar-refractivity contribution in [3.8, 4) is 0 Å². The topological polar surface area (TPSA) is 55.5 Å². The number of aryl methyl sites for hydroxylation is 1. The van der Waals surface area contributed by atoms with Gasteiger partial charge in [-0.25, -0.2) is 4.79 Å². The molecule has 5 nitrogen and oxygen atoms in total. The van der Waals surface area contributed by atoms with Gasteiger partial charge in [-0.2, -0.15) is 0 Å². The molecular weight excluding hydrogens is 328 g/mol. The van der Waals surface area contributed by atoms with Crippen molar-refractivity contribution in [3.05, 3.63) is 70.3 Å². The van der Waals surface area contributed by atoms with E-state index in [4.69, 9.17) is 4.42 Å². The van der Waals surface area contributed by atoms with Crippen LogP contribution in [-0.2, 0) is 7.05 Å². The van der Waals surface area contributed by atoms with Gasteiger partial charge in [0.05, 0.1) is 0 Å². The van der Waals surface area contributed by atoms with Crippen molar-refractivity contribution in [3.63, 3.8) is 0 Å². The fourth-order valence-electron chi connectivity index (χ4n) is 2.96. The first-order valence-corrected chi connectivity index (χ1v) is 8.70. The number of rotatable bonds is 6. The second-order valence-electron chi connectivity index (χ2n) is 6.08. The van der Waals surface area contributed by atoms with E-state index < -0.39 is 5.63 Å². The zero-order chi connectivity index (χ0) is 18.7. The van der Waals surface area contributed by atoms with Gasteiger partial charge in [0.25, 0.3) is 0 Å². The lowest BCUT2D eigenvalue weighted by molar-refractivity contribution is 0.104. The van der Waals surface area contributed by atoms with Gasteiger partial charge in [0, 0.05) is 49.2 Å². The van der Waals surface area contributed by atoms with Crippen LogP contribution in [0.1, 0.15) is 29.9 Å². The van der Waals surface area contributed by atoms with Crippen molar-refractivity contribution < 1.29 is 9.21 Å². The summed E-state index contributed by atoms with van der Waals surface area (Å²) in [5.41, 5.74) is 1.79. The minimum atomic E-state index is -0.615. The summed E-state index contributed by atoms with van der Waals surface area (Å²) in [6, 6.07) is 11.1. The van der Waals surface area contributed by atoms with Crippen LogP contribution in [0.15, 0.2) is 57.9 Å².